The second kappa shape index (κ2) is 5.16. The van der Waals surface area contributed by atoms with E-state index in [2.05, 4.69) is 31.4 Å². The Labute approximate surface area is 119 Å². The number of nitrogens with two attached hydrogens (primary N) is 1. The van der Waals surface area contributed by atoms with Crippen LogP contribution in [0.4, 0.5) is 24.5 Å². The van der Waals surface area contributed by atoms with Crippen LogP contribution >= 0.6 is 15.9 Å². The summed E-state index contributed by atoms with van der Waals surface area (Å²) in [4.78, 5) is 11.8. The molecule has 1 amide bonds. The van der Waals surface area contributed by atoms with Crippen molar-refractivity contribution in [2.45, 2.75) is 6.18 Å². The molecule has 0 radical (unpaired) electrons. The normalized spacial score (nSPS) is 11.4. The largest absolute Gasteiger partial charge is 0.416 e. The topological polar surface area (TPSA) is 83.8 Å². The van der Waals surface area contributed by atoms with Crippen LogP contribution in [0.3, 0.4) is 0 Å². The summed E-state index contributed by atoms with van der Waals surface area (Å²) >= 11 is 2.96. The number of hydrogen-bond donors (Lipinski definition) is 3. The molecule has 1 aromatic carbocycles. The molecular weight excluding hydrogens is 341 g/mol. The maximum Gasteiger partial charge on any atom is 0.416 e. The Bertz CT molecular complexity index is 653. The summed E-state index contributed by atoms with van der Waals surface area (Å²) in [6.07, 6.45) is -3.27. The highest BCUT2D eigenvalue weighted by Gasteiger charge is 2.31. The third kappa shape index (κ3) is 3.10. The van der Waals surface area contributed by atoms with Crippen molar-refractivity contribution in [3.8, 4) is 0 Å². The highest BCUT2D eigenvalue weighted by atomic mass is 79.9. The molecule has 5 nitrogen and oxygen atoms in total. The molecule has 0 atom stereocenters. The van der Waals surface area contributed by atoms with Crippen LogP contribution in [0.2, 0.25) is 0 Å². The van der Waals surface area contributed by atoms with E-state index in [-0.39, 0.29) is 21.5 Å². The third-order valence-corrected chi connectivity index (χ3v) is 2.84. The van der Waals surface area contributed by atoms with Crippen LogP contribution in [-0.2, 0) is 6.18 Å². The van der Waals surface area contributed by atoms with E-state index in [0.29, 0.717) is 0 Å². The van der Waals surface area contributed by atoms with Gasteiger partial charge in [0.1, 0.15) is 5.69 Å². The van der Waals surface area contributed by atoms with E-state index in [4.69, 9.17) is 5.73 Å². The molecule has 2 rings (SSSR count). The first kappa shape index (κ1) is 14.4. The molecule has 0 fully saturated rings. The van der Waals surface area contributed by atoms with E-state index in [1.165, 1.54) is 12.3 Å². The summed E-state index contributed by atoms with van der Waals surface area (Å²) in [5.74, 6) is -0.675. The number of benzene rings is 1. The SMILES string of the molecule is Nc1cn[nH]c1C(=O)Nc1cc(Br)cc(C(F)(F)F)c1. The zero-order chi connectivity index (χ0) is 14.9. The Morgan fingerprint density at radius 1 is 1.35 bits per heavy atom. The predicted octanol–water partition coefficient (Wildman–Crippen LogP) is 3.03. The van der Waals surface area contributed by atoms with Gasteiger partial charge in [-0.2, -0.15) is 18.3 Å². The molecule has 0 aliphatic heterocycles. The number of nitrogen functional groups attached to an aromatic ring is 1. The van der Waals surface area contributed by atoms with E-state index in [9.17, 15) is 18.0 Å². The van der Waals surface area contributed by atoms with Crippen molar-refractivity contribution >= 4 is 33.2 Å². The molecule has 0 spiro atoms. The molecule has 1 heterocycles. The Hall–Kier alpha value is -2.03. The number of alkyl halides is 3. The Balaban J connectivity index is 2.28. The minimum Gasteiger partial charge on any atom is -0.396 e. The fraction of sp³-hybridized carbons (Fsp3) is 0.0909. The number of aromatic amines is 1. The van der Waals surface area contributed by atoms with Crippen molar-refractivity contribution in [3.05, 3.63) is 40.1 Å². The van der Waals surface area contributed by atoms with Gasteiger partial charge in [0.2, 0.25) is 0 Å². The van der Waals surface area contributed by atoms with Crippen LogP contribution in [0.1, 0.15) is 16.1 Å². The van der Waals surface area contributed by atoms with Crippen LogP contribution in [0.15, 0.2) is 28.9 Å². The number of amides is 1. The van der Waals surface area contributed by atoms with Crippen LogP contribution in [0.5, 0.6) is 0 Å². The van der Waals surface area contributed by atoms with Crippen LogP contribution in [0, 0.1) is 0 Å². The molecule has 9 heteroatoms. The summed E-state index contributed by atoms with van der Waals surface area (Å²) in [6, 6.07) is 3.09. The average molecular weight is 349 g/mol. The summed E-state index contributed by atoms with van der Waals surface area (Å²) in [5, 5.41) is 8.24. The Kier molecular flexibility index (Phi) is 3.71. The van der Waals surface area contributed by atoms with Gasteiger partial charge in [0.25, 0.3) is 5.91 Å². The zero-order valence-electron chi connectivity index (χ0n) is 9.75. The minimum absolute atomic E-state index is 0.00861. The van der Waals surface area contributed by atoms with Gasteiger partial charge in [-0.05, 0) is 18.2 Å². The van der Waals surface area contributed by atoms with Gasteiger partial charge in [-0.25, -0.2) is 0 Å². The van der Waals surface area contributed by atoms with Gasteiger partial charge < -0.3 is 11.1 Å². The van der Waals surface area contributed by atoms with Gasteiger partial charge in [-0.1, -0.05) is 15.9 Å². The first-order valence-electron chi connectivity index (χ1n) is 5.25. The molecule has 20 heavy (non-hydrogen) atoms. The number of rotatable bonds is 2. The number of hydrogen-bond acceptors (Lipinski definition) is 3. The van der Waals surface area contributed by atoms with Gasteiger partial charge in [0, 0.05) is 10.2 Å². The number of aromatic nitrogens is 2. The molecule has 2 aromatic rings. The summed E-state index contributed by atoms with van der Waals surface area (Å²) in [7, 11) is 0. The lowest BCUT2D eigenvalue weighted by molar-refractivity contribution is -0.137. The molecule has 106 valence electrons. The van der Waals surface area contributed by atoms with Crippen LogP contribution in [-0.4, -0.2) is 16.1 Å². The number of carbonyl (C=O) groups excluding carboxylic acids is 1. The molecule has 0 unspecified atom stereocenters. The number of carbonyl (C=O) groups is 1. The number of anilines is 2. The van der Waals surface area contributed by atoms with E-state index in [1.807, 2.05) is 0 Å². The fourth-order valence-corrected chi connectivity index (χ4v) is 1.99. The minimum atomic E-state index is -4.50. The monoisotopic (exact) mass is 348 g/mol. The van der Waals surface area contributed by atoms with E-state index >= 15 is 0 Å². The Morgan fingerprint density at radius 3 is 2.60 bits per heavy atom. The van der Waals surface area contributed by atoms with Crippen molar-refractivity contribution in [2.24, 2.45) is 0 Å². The van der Waals surface area contributed by atoms with E-state index < -0.39 is 17.6 Å². The average Bonchev–Trinajstić information content (AvgIpc) is 2.73. The maximum atomic E-state index is 12.7. The zero-order valence-corrected chi connectivity index (χ0v) is 11.3. The highest BCUT2D eigenvalue weighted by molar-refractivity contribution is 9.10. The Morgan fingerprint density at radius 2 is 2.05 bits per heavy atom. The lowest BCUT2D eigenvalue weighted by atomic mass is 10.2. The van der Waals surface area contributed by atoms with Gasteiger partial charge in [0.15, 0.2) is 0 Å². The van der Waals surface area contributed by atoms with Crippen molar-refractivity contribution in [1.29, 1.82) is 0 Å². The molecular formula is C11H8BrF3N4O. The maximum absolute atomic E-state index is 12.7. The van der Waals surface area contributed by atoms with Crippen LogP contribution < -0.4 is 11.1 Å². The number of nitrogens with zero attached hydrogens (tertiary/aromatic N) is 1. The van der Waals surface area contributed by atoms with Crippen molar-refractivity contribution in [3.63, 3.8) is 0 Å². The van der Waals surface area contributed by atoms with Gasteiger partial charge in [-0.15, -0.1) is 0 Å². The second-order valence-electron chi connectivity index (χ2n) is 3.88. The smallest absolute Gasteiger partial charge is 0.396 e. The van der Waals surface area contributed by atoms with Gasteiger partial charge in [-0.3, -0.25) is 9.89 Å². The van der Waals surface area contributed by atoms with E-state index in [1.54, 1.807) is 0 Å². The quantitative estimate of drug-likeness (QED) is 0.779. The molecule has 0 saturated carbocycles. The predicted molar refractivity (Wildman–Crippen MR) is 70.1 cm³/mol. The lowest BCUT2D eigenvalue weighted by Gasteiger charge is -2.10. The number of H-pyrrole nitrogens is 1. The van der Waals surface area contributed by atoms with Crippen LogP contribution in [0.25, 0.3) is 0 Å². The third-order valence-electron chi connectivity index (χ3n) is 2.38. The van der Waals surface area contributed by atoms with Crippen molar-refractivity contribution in [2.75, 3.05) is 11.1 Å². The van der Waals surface area contributed by atoms with Gasteiger partial charge in [0.05, 0.1) is 17.4 Å². The fourth-order valence-electron chi connectivity index (χ4n) is 1.50. The first-order chi connectivity index (χ1) is 9.27. The molecule has 4 N–H and O–H groups in total. The molecule has 0 aliphatic rings. The van der Waals surface area contributed by atoms with E-state index in [0.717, 1.165) is 12.1 Å². The molecule has 0 saturated heterocycles. The number of halogens is 4. The molecule has 1 aromatic heterocycles. The number of nitrogens with one attached hydrogen (secondary N) is 2. The second-order valence-corrected chi connectivity index (χ2v) is 4.80. The van der Waals surface area contributed by atoms with Gasteiger partial charge >= 0.3 is 6.18 Å². The van der Waals surface area contributed by atoms with Crippen molar-refractivity contribution < 1.29 is 18.0 Å². The summed E-state index contributed by atoms with van der Waals surface area (Å²) < 4.78 is 38.2. The molecule has 0 aliphatic carbocycles. The lowest BCUT2D eigenvalue weighted by Crippen LogP contribution is -2.15. The first-order valence-corrected chi connectivity index (χ1v) is 6.04. The summed E-state index contributed by atoms with van der Waals surface area (Å²) in [6.45, 7) is 0. The molecule has 0 bridgehead atoms. The highest BCUT2D eigenvalue weighted by Crippen LogP contribution is 2.33. The standard InChI is InChI=1S/C11H8BrF3N4O/c12-6-1-5(11(13,14)15)2-7(3-6)18-10(20)9-8(16)4-17-19-9/h1-4H,16H2,(H,17,19)(H,18,20). The van der Waals surface area contributed by atoms with Crippen molar-refractivity contribution in [1.82, 2.24) is 10.2 Å². The summed E-state index contributed by atoms with van der Waals surface area (Å²) in [5.41, 5.74) is 4.69.